The number of rotatable bonds is 1. The molecule has 4 nitrogen and oxygen atoms in total. The fourth-order valence-corrected chi connectivity index (χ4v) is 2.03. The first-order valence-electron chi connectivity index (χ1n) is 5.88. The van der Waals surface area contributed by atoms with Gasteiger partial charge < -0.3 is 11.5 Å². The van der Waals surface area contributed by atoms with Crippen LogP contribution in [-0.2, 0) is 0 Å². The van der Waals surface area contributed by atoms with E-state index in [-0.39, 0.29) is 5.95 Å². The second-order valence-electron chi connectivity index (χ2n) is 4.69. The molecule has 0 saturated heterocycles. The summed E-state index contributed by atoms with van der Waals surface area (Å²) in [6.45, 7) is 8.16. The molecule has 0 atom stereocenters. The van der Waals surface area contributed by atoms with Gasteiger partial charge in [-0.25, -0.2) is 4.98 Å². The molecule has 2 rings (SSSR count). The standard InChI is InChI=1S/C14H18N4/c1-7-5-9(3)11(6-8(7)2)12-10(4)13(15)18-14(16)17-12/h5-6H,1-4H3,(H4,15,16,17,18). The zero-order chi connectivity index (χ0) is 13.4. The van der Waals surface area contributed by atoms with Gasteiger partial charge in [0.25, 0.3) is 0 Å². The number of hydrogen-bond donors (Lipinski definition) is 2. The van der Waals surface area contributed by atoms with Gasteiger partial charge in [0, 0.05) is 11.1 Å². The van der Waals surface area contributed by atoms with Gasteiger partial charge in [0.15, 0.2) is 0 Å². The largest absolute Gasteiger partial charge is 0.383 e. The molecule has 0 spiro atoms. The van der Waals surface area contributed by atoms with Gasteiger partial charge in [-0.05, 0) is 50.5 Å². The second kappa shape index (κ2) is 4.29. The highest BCUT2D eigenvalue weighted by Crippen LogP contribution is 2.29. The van der Waals surface area contributed by atoms with Crippen molar-refractivity contribution in [3.63, 3.8) is 0 Å². The topological polar surface area (TPSA) is 77.8 Å². The van der Waals surface area contributed by atoms with Crippen LogP contribution >= 0.6 is 0 Å². The van der Waals surface area contributed by atoms with Crippen molar-refractivity contribution in [3.8, 4) is 11.3 Å². The maximum absolute atomic E-state index is 5.85. The monoisotopic (exact) mass is 242 g/mol. The van der Waals surface area contributed by atoms with E-state index in [0.717, 1.165) is 16.8 Å². The maximum atomic E-state index is 5.85. The molecule has 18 heavy (non-hydrogen) atoms. The Kier molecular flexibility index (Phi) is 2.95. The zero-order valence-electron chi connectivity index (χ0n) is 11.2. The minimum Gasteiger partial charge on any atom is -0.383 e. The molecule has 1 heterocycles. The Morgan fingerprint density at radius 1 is 0.833 bits per heavy atom. The van der Waals surface area contributed by atoms with E-state index in [0.29, 0.717) is 5.82 Å². The summed E-state index contributed by atoms with van der Waals surface area (Å²) in [7, 11) is 0. The average Bonchev–Trinajstić information content (AvgIpc) is 2.29. The number of benzene rings is 1. The van der Waals surface area contributed by atoms with E-state index in [1.807, 2.05) is 6.92 Å². The smallest absolute Gasteiger partial charge is 0.222 e. The predicted octanol–water partition coefficient (Wildman–Crippen LogP) is 2.54. The minimum absolute atomic E-state index is 0.214. The molecule has 0 aliphatic carbocycles. The number of nitrogen functional groups attached to an aromatic ring is 2. The molecule has 4 heteroatoms. The predicted molar refractivity (Wildman–Crippen MR) is 75.2 cm³/mol. The minimum atomic E-state index is 0.214. The molecule has 0 unspecified atom stereocenters. The Hall–Kier alpha value is -2.10. The van der Waals surface area contributed by atoms with Gasteiger partial charge in [-0.1, -0.05) is 6.07 Å². The highest BCUT2D eigenvalue weighted by atomic mass is 15.0. The molecule has 1 aromatic carbocycles. The molecule has 0 bridgehead atoms. The molecule has 0 radical (unpaired) electrons. The van der Waals surface area contributed by atoms with Gasteiger partial charge in [-0.3, -0.25) is 0 Å². The lowest BCUT2D eigenvalue weighted by Crippen LogP contribution is -2.05. The molecule has 0 saturated carbocycles. The number of anilines is 2. The van der Waals surface area contributed by atoms with Crippen molar-refractivity contribution < 1.29 is 0 Å². The summed E-state index contributed by atoms with van der Waals surface area (Å²) >= 11 is 0. The highest BCUT2D eigenvalue weighted by molar-refractivity contribution is 5.72. The molecule has 94 valence electrons. The van der Waals surface area contributed by atoms with Crippen molar-refractivity contribution in [3.05, 3.63) is 34.4 Å². The fraction of sp³-hybridized carbons (Fsp3) is 0.286. The summed E-state index contributed by atoms with van der Waals surface area (Å²) < 4.78 is 0. The van der Waals surface area contributed by atoms with Gasteiger partial charge in [-0.15, -0.1) is 0 Å². The van der Waals surface area contributed by atoms with Crippen molar-refractivity contribution >= 4 is 11.8 Å². The Labute approximate surface area is 107 Å². The van der Waals surface area contributed by atoms with Gasteiger partial charge >= 0.3 is 0 Å². The van der Waals surface area contributed by atoms with Gasteiger partial charge in [0.1, 0.15) is 5.82 Å². The Balaban J connectivity index is 2.73. The molecule has 0 aliphatic rings. The number of aromatic nitrogens is 2. The van der Waals surface area contributed by atoms with Crippen LogP contribution in [0.15, 0.2) is 12.1 Å². The molecule has 0 amide bonds. The third-order valence-corrected chi connectivity index (χ3v) is 3.30. The van der Waals surface area contributed by atoms with E-state index in [9.17, 15) is 0 Å². The van der Waals surface area contributed by atoms with Crippen molar-refractivity contribution in [1.29, 1.82) is 0 Å². The number of nitrogens with zero attached hydrogens (tertiary/aromatic N) is 2. The van der Waals surface area contributed by atoms with Crippen LogP contribution in [0, 0.1) is 27.7 Å². The molecule has 0 fully saturated rings. The molecule has 4 N–H and O–H groups in total. The van der Waals surface area contributed by atoms with Gasteiger partial charge in [-0.2, -0.15) is 4.98 Å². The van der Waals surface area contributed by atoms with Crippen LogP contribution in [0.5, 0.6) is 0 Å². The third-order valence-electron chi connectivity index (χ3n) is 3.30. The van der Waals surface area contributed by atoms with Crippen LogP contribution in [0.1, 0.15) is 22.3 Å². The Bertz CT molecular complexity index is 618. The summed E-state index contributed by atoms with van der Waals surface area (Å²) in [5.74, 6) is 0.654. The van der Waals surface area contributed by atoms with Gasteiger partial charge in [0.05, 0.1) is 5.69 Å². The highest BCUT2D eigenvalue weighted by Gasteiger charge is 2.12. The SMILES string of the molecule is Cc1cc(C)c(-c2nc(N)nc(N)c2C)cc1C. The zero-order valence-corrected chi connectivity index (χ0v) is 11.2. The van der Waals surface area contributed by atoms with E-state index < -0.39 is 0 Å². The van der Waals surface area contributed by atoms with E-state index in [2.05, 4.69) is 42.9 Å². The van der Waals surface area contributed by atoms with Crippen LogP contribution in [0.2, 0.25) is 0 Å². The summed E-state index contributed by atoms with van der Waals surface area (Å²) in [5, 5.41) is 0. The van der Waals surface area contributed by atoms with E-state index in [4.69, 9.17) is 11.5 Å². The first kappa shape index (κ1) is 12.4. The van der Waals surface area contributed by atoms with Crippen LogP contribution in [0.3, 0.4) is 0 Å². The summed E-state index contributed by atoms with van der Waals surface area (Å²) in [5.41, 5.74) is 17.9. The number of hydrogen-bond acceptors (Lipinski definition) is 4. The first-order valence-corrected chi connectivity index (χ1v) is 5.88. The first-order chi connectivity index (χ1) is 8.40. The van der Waals surface area contributed by atoms with Crippen LogP contribution in [0.25, 0.3) is 11.3 Å². The molecule has 1 aromatic heterocycles. The Morgan fingerprint density at radius 2 is 1.44 bits per heavy atom. The summed E-state index contributed by atoms with van der Waals surface area (Å²) in [6, 6.07) is 4.28. The van der Waals surface area contributed by atoms with Crippen molar-refractivity contribution in [2.24, 2.45) is 0 Å². The molecule has 2 aromatic rings. The van der Waals surface area contributed by atoms with Crippen molar-refractivity contribution in [1.82, 2.24) is 9.97 Å². The van der Waals surface area contributed by atoms with Crippen LogP contribution in [0.4, 0.5) is 11.8 Å². The van der Waals surface area contributed by atoms with Crippen molar-refractivity contribution in [2.45, 2.75) is 27.7 Å². The molecule has 0 aliphatic heterocycles. The second-order valence-corrected chi connectivity index (χ2v) is 4.69. The van der Waals surface area contributed by atoms with E-state index >= 15 is 0 Å². The van der Waals surface area contributed by atoms with Crippen LogP contribution in [-0.4, -0.2) is 9.97 Å². The summed E-state index contributed by atoms with van der Waals surface area (Å²) in [6.07, 6.45) is 0. The average molecular weight is 242 g/mol. The lowest BCUT2D eigenvalue weighted by atomic mass is 9.97. The Morgan fingerprint density at radius 3 is 2.11 bits per heavy atom. The summed E-state index contributed by atoms with van der Waals surface area (Å²) in [4.78, 5) is 8.30. The normalized spacial score (nSPS) is 10.7. The van der Waals surface area contributed by atoms with Crippen LogP contribution < -0.4 is 11.5 Å². The maximum Gasteiger partial charge on any atom is 0.222 e. The molecular weight excluding hydrogens is 224 g/mol. The number of nitrogens with two attached hydrogens (primary N) is 2. The van der Waals surface area contributed by atoms with E-state index in [1.54, 1.807) is 0 Å². The van der Waals surface area contributed by atoms with Gasteiger partial charge in [0.2, 0.25) is 5.95 Å². The molecular formula is C14H18N4. The third kappa shape index (κ3) is 2.01. The quantitative estimate of drug-likeness (QED) is 0.805. The number of aryl methyl sites for hydroxylation is 3. The van der Waals surface area contributed by atoms with E-state index in [1.165, 1.54) is 16.7 Å². The lowest BCUT2D eigenvalue weighted by molar-refractivity contribution is 1.15. The fourth-order valence-electron chi connectivity index (χ4n) is 2.03. The van der Waals surface area contributed by atoms with Crippen molar-refractivity contribution in [2.75, 3.05) is 11.5 Å². The lowest BCUT2D eigenvalue weighted by Gasteiger charge is -2.13.